The van der Waals surface area contributed by atoms with Crippen LogP contribution < -0.4 is 5.32 Å². The Hall–Kier alpha value is -0.136. The molecule has 14 heavy (non-hydrogen) atoms. The van der Waals surface area contributed by atoms with Gasteiger partial charge in [0.15, 0.2) is 0 Å². The van der Waals surface area contributed by atoms with Crippen molar-refractivity contribution in [2.45, 2.75) is 26.3 Å². The predicted octanol–water partition coefficient (Wildman–Crippen LogP) is 3.09. The molecule has 1 heterocycles. The van der Waals surface area contributed by atoms with E-state index in [0.717, 1.165) is 0 Å². The van der Waals surface area contributed by atoms with Crippen LogP contribution in [0.4, 0.5) is 5.69 Å². The van der Waals surface area contributed by atoms with Crippen LogP contribution in [0.5, 0.6) is 0 Å². The second-order valence-electron chi connectivity index (χ2n) is 4.15. The number of fused-ring (bicyclic) bond motifs is 1. The summed E-state index contributed by atoms with van der Waals surface area (Å²) >= 11 is 0. The van der Waals surface area contributed by atoms with Gasteiger partial charge in [0.05, 0.1) is 0 Å². The maximum Gasteiger partial charge on any atom is 3.00 e. The Labute approximate surface area is 111 Å². The third-order valence-electron chi connectivity index (χ3n) is 2.32. The average Bonchev–Trinajstić information content (AvgIpc) is 2.02. The number of allylic oxidation sites excluding steroid dienone is 1. The number of rotatable bonds is 0. The molecule has 2 heteroatoms. The quantitative estimate of drug-likeness (QED) is 0.708. The summed E-state index contributed by atoms with van der Waals surface area (Å²) in [5.74, 6) is 0. The van der Waals surface area contributed by atoms with Crippen LogP contribution in [0.1, 0.15) is 26.3 Å². The summed E-state index contributed by atoms with van der Waals surface area (Å²) < 4.78 is 0. The van der Waals surface area contributed by atoms with Gasteiger partial charge in [0.25, 0.3) is 0 Å². The summed E-state index contributed by atoms with van der Waals surface area (Å²) in [5, 5.41) is 3.47. The first-order valence-corrected chi connectivity index (χ1v) is 4.57. The number of hydrogen-bond acceptors (Lipinski definition) is 1. The SMILES string of the molecule is CC1=CC(C)(C)Nc2cc[c-]cc21.[Y+3]. The van der Waals surface area contributed by atoms with Crippen LogP contribution in [0, 0.1) is 6.07 Å². The standard InChI is InChI=1S/C12H14N.Y/c1-9-8-12(2,3)13-11-7-5-4-6-10(9)11;/h5-8,13H,1-3H3;/q-1;+3. The van der Waals surface area contributed by atoms with Gasteiger partial charge in [-0.1, -0.05) is 24.3 Å². The Kier molecular flexibility index (Phi) is 3.55. The molecule has 1 aromatic carbocycles. The van der Waals surface area contributed by atoms with Gasteiger partial charge in [0.1, 0.15) is 0 Å². The van der Waals surface area contributed by atoms with Crippen LogP contribution in [0.2, 0.25) is 0 Å². The van der Waals surface area contributed by atoms with Crippen molar-refractivity contribution in [1.29, 1.82) is 0 Å². The van der Waals surface area contributed by atoms with Gasteiger partial charge >= 0.3 is 32.7 Å². The Morgan fingerprint density at radius 3 is 2.79 bits per heavy atom. The molecule has 0 amide bonds. The average molecular weight is 261 g/mol. The first-order valence-electron chi connectivity index (χ1n) is 4.57. The van der Waals surface area contributed by atoms with Crippen molar-refractivity contribution in [3.8, 4) is 0 Å². The van der Waals surface area contributed by atoms with Gasteiger partial charge in [-0.2, -0.15) is 18.2 Å². The van der Waals surface area contributed by atoms with Gasteiger partial charge in [-0.25, -0.2) is 0 Å². The van der Waals surface area contributed by atoms with Gasteiger partial charge in [-0.05, 0) is 13.8 Å². The molecule has 0 radical (unpaired) electrons. The maximum atomic E-state index is 3.47. The summed E-state index contributed by atoms with van der Waals surface area (Å²) in [6, 6.07) is 9.15. The molecule has 1 aliphatic rings. The predicted molar refractivity (Wildman–Crippen MR) is 56.6 cm³/mol. The molecule has 0 saturated heterocycles. The second kappa shape index (κ2) is 4.16. The molecule has 0 unspecified atom stereocenters. The van der Waals surface area contributed by atoms with Crippen LogP contribution >= 0.6 is 0 Å². The monoisotopic (exact) mass is 261 g/mol. The van der Waals surface area contributed by atoms with E-state index in [1.807, 2.05) is 12.1 Å². The van der Waals surface area contributed by atoms with E-state index < -0.39 is 0 Å². The minimum atomic E-state index is 0. The molecule has 1 N–H and O–H groups in total. The summed E-state index contributed by atoms with van der Waals surface area (Å²) in [6.07, 6.45) is 2.25. The van der Waals surface area contributed by atoms with Crippen LogP contribution in [-0.4, -0.2) is 5.54 Å². The van der Waals surface area contributed by atoms with Crippen molar-refractivity contribution in [3.05, 3.63) is 35.9 Å². The van der Waals surface area contributed by atoms with Gasteiger partial charge in [-0.15, -0.1) is 11.6 Å². The fourth-order valence-electron chi connectivity index (χ4n) is 1.87. The topological polar surface area (TPSA) is 12.0 Å². The van der Waals surface area contributed by atoms with Crippen LogP contribution in [0.25, 0.3) is 5.57 Å². The van der Waals surface area contributed by atoms with Gasteiger partial charge in [0, 0.05) is 5.54 Å². The molecule has 0 atom stereocenters. The third-order valence-corrected chi connectivity index (χ3v) is 2.32. The molecule has 2 rings (SSSR count). The van der Waals surface area contributed by atoms with Crippen molar-refractivity contribution >= 4 is 11.3 Å². The Morgan fingerprint density at radius 2 is 2.07 bits per heavy atom. The van der Waals surface area contributed by atoms with E-state index in [4.69, 9.17) is 0 Å². The molecule has 0 aliphatic carbocycles. The fourth-order valence-corrected chi connectivity index (χ4v) is 1.87. The summed E-state index contributed by atoms with van der Waals surface area (Å²) in [4.78, 5) is 0. The number of benzene rings is 1. The third kappa shape index (κ3) is 2.26. The van der Waals surface area contributed by atoms with Crippen LogP contribution in [-0.2, 0) is 32.7 Å². The molecule has 0 spiro atoms. The summed E-state index contributed by atoms with van der Waals surface area (Å²) in [6.45, 7) is 6.50. The minimum absolute atomic E-state index is 0. The van der Waals surface area contributed by atoms with Gasteiger partial charge in [-0.3, -0.25) is 0 Å². The van der Waals surface area contributed by atoms with Crippen LogP contribution in [0.3, 0.4) is 0 Å². The van der Waals surface area contributed by atoms with Gasteiger partial charge < -0.3 is 5.32 Å². The normalized spacial score (nSPS) is 17.2. The van der Waals surface area contributed by atoms with Crippen molar-refractivity contribution < 1.29 is 32.7 Å². The largest absolute Gasteiger partial charge is 3.00 e. The molecule has 68 valence electrons. The number of anilines is 1. The molecule has 0 aromatic heterocycles. The Bertz CT molecular complexity index is 366. The zero-order valence-electron chi connectivity index (χ0n) is 8.89. The summed E-state index contributed by atoms with van der Waals surface area (Å²) in [5.41, 5.74) is 3.87. The van der Waals surface area contributed by atoms with Crippen molar-refractivity contribution in [2.24, 2.45) is 0 Å². The van der Waals surface area contributed by atoms with Crippen molar-refractivity contribution in [3.63, 3.8) is 0 Å². The Balaban J connectivity index is 0.000000980. The Morgan fingerprint density at radius 1 is 1.36 bits per heavy atom. The molecule has 0 saturated carbocycles. The first kappa shape index (κ1) is 11.9. The first-order chi connectivity index (χ1) is 6.08. The fraction of sp³-hybridized carbons (Fsp3) is 0.333. The van der Waals surface area contributed by atoms with E-state index in [2.05, 4.69) is 44.3 Å². The van der Waals surface area contributed by atoms with Gasteiger partial charge in [0.2, 0.25) is 0 Å². The van der Waals surface area contributed by atoms with E-state index in [1.54, 1.807) is 0 Å². The molecule has 0 fully saturated rings. The van der Waals surface area contributed by atoms with Crippen molar-refractivity contribution in [2.75, 3.05) is 5.32 Å². The zero-order valence-corrected chi connectivity index (χ0v) is 11.7. The minimum Gasteiger partial charge on any atom is -0.398 e. The smallest absolute Gasteiger partial charge is 0.398 e. The summed E-state index contributed by atoms with van der Waals surface area (Å²) in [7, 11) is 0. The maximum absolute atomic E-state index is 3.47. The molecule has 0 bridgehead atoms. The van der Waals surface area contributed by atoms with E-state index in [-0.39, 0.29) is 38.2 Å². The zero-order chi connectivity index (χ0) is 9.47. The van der Waals surface area contributed by atoms with Crippen LogP contribution in [0.15, 0.2) is 24.3 Å². The molecule has 1 aliphatic heterocycles. The molecule has 1 aromatic rings. The van der Waals surface area contributed by atoms with E-state index in [9.17, 15) is 0 Å². The van der Waals surface area contributed by atoms with Crippen molar-refractivity contribution in [1.82, 2.24) is 0 Å². The molecule has 1 nitrogen and oxygen atoms in total. The molecular weight excluding hydrogens is 247 g/mol. The van der Waals surface area contributed by atoms with E-state index in [1.165, 1.54) is 16.8 Å². The number of hydrogen-bond donors (Lipinski definition) is 1. The second-order valence-corrected chi connectivity index (χ2v) is 4.15. The van der Waals surface area contributed by atoms with E-state index >= 15 is 0 Å². The number of nitrogens with one attached hydrogen (secondary N) is 1. The van der Waals surface area contributed by atoms with E-state index in [0.29, 0.717) is 0 Å². The molecular formula is C12H14NY+2.